The van der Waals surface area contributed by atoms with E-state index in [1.807, 2.05) is 18.2 Å². The average Bonchev–Trinajstić information content (AvgIpc) is 2.50. The molecule has 0 fully saturated rings. The Labute approximate surface area is 139 Å². The zero-order valence-electron chi connectivity index (χ0n) is 12.8. The fourth-order valence-corrected chi connectivity index (χ4v) is 3.11. The average molecular weight is 374 g/mol. The van der Waals surface area contributed by atoms with E-state index in [9.17, 15) is 9.13 Å². The van der Waals surface area contributed by atoms with Crippen LogP contribution in [0.5, 0.6) is 0 Å². The number of aromatic nitrogens is 2. The highest BCUT2D eigenvalue weighted by Crippen LogP contribution is 2.33. The number of hydrogen-bond acceptors (Lipinski definition) is 2. The minimum Gasteiger partial charge on any atom is -0.324 e. The van der Waals surface area contributed by atoms with E-state index in [1.54, 1.807) is 40.0 Å². The first kappa shape index (κ1) is 18.9. The molecule has 130 valence electrons. The van der Waals surface area contributed by atoms with E-state index in [4.69, 9.17) is 19.6 Å². The van der Waals surface area contributed by atoms with Crippen molar-refractivity contribution in [2.75, 3.05) is 12.3 Å². The van der Waals surface area contributed by atoms with Gasteiger partial charge in [-0.2, -0.15) is 0 Å². The summed E-state index contributed by atoms with van der Waals surface area (Å²) in [5.74, 6) is 0. The maximum Gasteiger partial charge on any atom is 0.331 e. The van der Waals surface area contributed by atoms with Crippen molar-refractivity contribution >= 4 is 15.2 Å². The van der Waals surface area contributed by atoms with Crippen molar-refractivity contribution in [2.45, 2.75) is 13.1 Å². The Hall–Kier alpha value is -1.40. The predicted molar refractivity (Wildman–Crippen MR) is 86.1 cm³/mol. The fraction of sp³-hybridized carbons (Fsp3) is 0.286. The van der Waals surface area contributed by atoms with Gasteiger partial charge >= 0.3 is 15.2 Å². The summed E-state index contributed by atoms with van der Waals surface area (Å²) in [6.45, 7) is 0.439. The molecular formula is C14H20N2O6P2+2. The Morgan fingerprint density at radius 3 is 1.83 bits per heavy atom. The highest BCUT2D eigenvalue weighted by Gasteiger charge is 2.17. The van der Waals surface area contributed by atoms with Gasteiger partial charge in [-0.05, 0) is 11.6 Å². The van der Waals surface area contributed by atoms with E-state index in [1.165, 1.54) is 0 Å². The third-order valence-corrected chi connectivity index (χ3v) is 4.95. The topological polar surface area (TPSA) is 123 Å². The first-order chi connectivity index (χ1) is 11.1. The van der Waals surface area contributed by atoms with Crippen LogP contribution in [0.2, 0.25) is 0 Å². The van der Waals surface area contributed by atoms with Crippen LogP contribution in [0.15, 0.2) is 49.1 Å². The number of aryl methyl sites for hydroxylation is 2. The van der Waals surface area contributed by atoms with Gasteiger partial charge < -0.3 is 19.6 Å². The molecule has 0 atom stereocenters. The van der Waals surface area contributed by atoms with E-state index in [0.29, 0.717) is 0 Å². The number of rotatable bonds is 7. The van der Waals surface area contributed by atoms with Gasteiger partial charge in [-0.3, -0.25) is 9.13 Å². The van der Waals surface area contributed by atoms with Crippen molar-refractivity contribution in [3.8, 4) is 11.1 Å². The first-order valence-corrected chi connectivity index (χ1v) is 10.8. The summed E-state index contributed by atoms with van der Waals surface area (Å²) < 4.78 is 25.2. The summed E-state index contributed by atoms with van der Waals surface area (Å²) >= 11 is 0. The van der Waals surface area contributed by atoms with Crippen LogP contribution < -0.4 is 9.13 Å². The van der Waals surface area contributed by atoms with Gasteiger partial charge in [-0.15, -0.1) is 0 Å². The number of pyridine rings is 2. The van der Waals surface area contributed by atoms with Crippen LogP contribution >= 0.6 is 15.2 Å². The van der Waals surface area contributed by atoms with Gasteiger partial charge in [0, 0.05) is 23.8 Å². The Balaban J connectivity index is 2.08. The molecule has 0 aliphatic rings. The van der Waals surface area contributed by atoms with Gasteiger partial charge in [-0.1, -0.05) is 0 Å². The maximum atomic E-state index is 11.0. The Morgan fingerprint density at radius 1 is 0.750 bits per heavy atom. The smallest absolute Gasteiger partial charge is 0.324 e. The molecule has 2 aromatic rings. The van der Waals surface area contributed by atoms with E-state index >= 15 is 0 Å². The maximum absolute atomic E-state index is 11.0. The molecule has 4 N–H and O–H groups in total. The molecule has 0 saturated carbocycles. The molecule has 0 aromatic carbocycles. The second-order valence-electron chi connectivity index (χ2n) is 5.43. The highest BCUT2D eigenvalue weighted by atomic mass is 31.2. The van der Waals surface area contributed by atoms with Gasteiger partial charge in [-0.25, -0.2) is 9.13 Å². The molecule has 0 bridgehead atoms. The lowest BCUT2D eigenvalue weighted by molar-refractivity contribution is -0.693. The molecule has 0 radical (unpaired) electrons. The van der Waals surface area contributed by atoms with E-state index in [-0.39, 0.29) is 25.4 Å². The van der Waals surface area contributed by atoms with Crippen molar-refractivity contribution in [2.24, 2.45) is 0 Å². The summed E-state index contributed by atoms with van der Waals surface area (Å²) in [7, 11) is -8.05. The zero-order valence-corrected chi connectivity index (χ0v) is 14.6. The number of hydrogen-bond donors (Lipinski definition) is 4. The van der Waals surface area contributed by atoms with Crippen molar-refractivity contribution < 1.29 is 37.8 Å². The molecular weight excluding hydrogens is 354 g/mol. The van der Waals surface area contributed by atoms with Gasteiger partial charge in [0.2, 0.25) is 0 Å². The lowest BCUT2D eigenvalue weighted by Crippen LogP contribution is -2.35. The van der Waals surface area contributed by atoms with Crippen molar-refractivity contribution in [1.82, 2.24) is 0 Å². The minimum atomic E-state index is -4.03. The molecule has 2 aromatic heterocycles. The third-order valence-electron chi connectivity index (χ3n) is 3.38. The summed E-state index contributed by atoms with van der Waals surface area (Å²) in [5.41, 5.74) is 1.78. The van der Waals surface area contributed by atoms with Crippen LogP contribution in [0, 0.1) is 0 Å². The Kier molecular flexibility index (Phi) is 6.04. The Morgan fingerprint density at radius 2 is 1.29 bits per heavy atom. The van der Waals surface area contributed by atoms with Gasteiger partial charge in [0.25, 0.3) is 0 Å². The van der Waals surface area contributed by atoms with Crippen LogP contribution in [-0.2, 0) is 22.2 Å². The van der Waals surface area contributed by atoms with Crippen LogP contribution in [0.25, 0.3) is 11.1 Å². The molecule has 0 aliphatic carbocycles. The SMILES string of the molecule is O=P(O)(O)CC[n+]1ccc(-c2ccc[n+](CCP(=O)(O)O)c2)cc1. The standard InChI is InChI=1S/C14H18N2O6P2/c17-23(18,19)10-8-15-6-3-13(4-7-15)14-2-1-5-16(12-14)9-11-24(20,21)22/h1-7,12H,8-11H2,(H2-2,17,18,19,20,21,22)/p+2. The zero-order chi connectivity index (χ0) is 17.8. The first-order valence-electron chi connectivity index (χ1n) is 7.20. The predicted octanol–water partition coefficient (Wildman–Crippen LogP) is 0.284. The lowest BCUT2D eigenvalue weighted by atomic mass is 10.1. The second-order valence-corrected chi connectivity index (χ2v) is 8.98. The molecule has 2 rings (SSSR count). The molecule has 8 nitrogen and oxygen atoms in total. The van der Waals surface area contributed by atoms with Crippen LogP contribution in [0.4, 0.5) is 0 Å². The fourth-order valence-electron chi connectivity index (χ4n) is 2.12. The summed E-state index contributed by atoms with van der Waals surface area (Å²) in [6.07, 6.45) is 6.56. The minimum absolute atomic E-state index is 0.216. The van der Waals surface area contributed by atoms with Gasteiger partial charge in [0.15, 0.2) is 37.9 Å². The second kappa shape index (κ2) is 7.66. The summed E-state index contributed by atoms with van der Waals surface area (Å²) in [4.78, 5) is 35.7. The van der Waals surface area contributed by atoms with Gasteiger partial charge in [0.05, 0.1) is 0 Å². The molecule has 0 amide bonds. The van der Waals surface area contributed by atoms with E-state index in [0.717, 1.165) is 11.1 Å². The van der Waals surface area contributed by atoms with E-state index in [2.05, 4.69) is 0 Å². The summed E-state index contributed by atoms with van der Waals surface area (Å²) in [5, 5.41) is 0. The number of nitrogens with zero attached hydrogens (tertiary/aromatic N) is 2. The molecule has 0 spiro atoms. The Bertz CT molecular complexity index is 784. The molecule has 0 aliphatic heterocycles. The van der Waals surface area contributed by atoms with Crippen molar-refractivity contribution in [1.29, 1.82) is 0 Å². The molecule has 24 heavy (non-hydrogen) atoms. The quantitative estimate of drug-likeness (QED) is 0.408. The molecule has 0 unspecified atom stereocenters. The van der Waals surface area contributed by atoms with Gasteiger partial charge in [0.1, 0.15) is 12.3 Å². The van der Waals surface area contributed by atoms with Crippen LogP contribution in [0.1, 0.15) is 0 Å². The normalized spacial score (nSPS) is 12.3. The van der Waals surface area contributed by atoms with Crippen LogP contribution in [0.3, 0.4) is 0 Å². The van der Waals surface area contributed by atoms with Crippen molar-refractivity contribution in [3.05, 3.63) is 49.1 Å². The molecule has 0 saturated heterocycles. The van der Waals surface area contributed by atoms with Crippen molar-refractivity contribution in [3.63, 3.8) is 0 Å². The van der Waals surface area contributed by atoms with Crippen LogP contribution in [-0.4, -0.2) is 31.9 Å². The third kappa shape index (κ3) is 6.61. The molecule has 2 heterocycles. The summed E-state index contributed by atoms with van der Waals surface area (Å²) in [6, 6.07) is 7.32. The largest absolute Gasteiger partial charge is 0.331 e. The monoisotopic (exact) mass is 374 g/mol. The highest BCUT2D eigenvalue weighted by molar-refractivity contribution is 7.51. The lowest BCUT2D eigenvalue weighted by Gasteiger charge is -2.03. The molecule has 10 heteroatoms. The van der Waals surface area contributed by atoms with E-state index < -0.39 is 15.2 Å².